The maximum atomic E-state index is 11.5. The lowest BCUT2D eigenvalue weighted by Gasteiger charge is -2.27. The van der Waals surface area contributed by atoms with E-state index in [4.69, 9.17) is 9.47 Å². The number of carbonyl (C=O) groups excluding carboxylic acids is 1. The zero-order chi connectivity index (χ0) is 9.26. The molecule has 0 aromatic heterocycles. The van der Waals surface area contributed by atoms with Gasteiger partial charge in [0.25, 0.3) is 0 Å². The Morgan fingerprint density at radius 2 is 2.23 bits per heavy atom. The van der Waals surface area contributed by atoms with Crippen LogP contribution in [-0.2, 0) is 14.3 Å². The summed E-state index contributed by atoms with van der Waals surface area (Å²) < 4.78 is 10.2. The van der Waals surface area contributed by atoms with Gasteiger partial charge in [-0.15, -0.1) is 0 Å². The van der Waals surface area contributed by atoms with Crippen molar-refractivity contribution in [1.29, 1.82) is 0 Å². The molecular formula is C9H15NO3. The van der Waals surface area contributed by atoms with Crippen LogP contribution in [0.25, 0.3) is 0 Å². The fourth-order valence-corrected chi connectivity index (χ4v) is 1.66. The smallest absolute Gasteiger partial charge is 0.310 e. The van der Waals surface area contributed by atoms with Crippen LogP contribution < -0.4 is 5.32 Å². The Kier molecular flexibility index (Phi) is 2.51. The van der Waals surface area contributed by atoms with Crippen LogP contribution in [0.15, 0.2) is 0 Å². The molecule has 0 radical (unpaired) electrons. The van der Waals surface area contributed by atoms with E-state index in [1.54, 1.807) is 0 Å². The first-order valence-corrected chi connectivity index (χ1v) is 4.76. The number of hydrogen-bond donors (Lipinski definition) is 1. The lowest BCUT2D eigenvalue weighted by molar-refractivity contribution is -0.177. The Labute approximate surface area is 77.6 Å². The summed E-state index contributed by atoms with van der Waals surface area (Å²) in [5.74, 6) is 0.375. The van der Waals surface area contributed by atoms with Crippen molar-refractivity contribution >= 4 is 5.97 Å². The molecule has 4 heteroatoms. The fourth-order valence-electron chi connectivity index (χ4n) is 1.66. The van der Waals surface area contributed by atoms with Gasteiger partial charge in [0.1, 0.15) is 6.10 Å². The van der Waals surface area contributed by atoms with Crippen LogP contribution in [-0.4, -0.2) is 38.4 Å². The summed E-state index contributed by atoms with van der Waals surface area (Å²) in [6.45, 7) is 4.89. The molecule has 13 heavy (non-hydrogen) atoms. The molecule has 74 valence electrons. The summed E-state index contributed by atoms with van der Waals surface area (Å²) in [6, 6.07) is 0. The number of esters is 1. The fraction of sp³-hybridized carbons (Fsp3) is 0.889. The Bertz CT molecular complexity index is 203. The van der Waals surface area contributed by atoms with Gasteiger partial charge in [-0.3, -0.25) is 4.79 Å². The van der Waals surface area contributed by atoms with Crippen molar-refractivity contribution in [1.82, 2.24) is 5.32 Å². The van der Waals surface area contributed by atoms with Gasteiger partial charge in [-0.1, -0.05) is 6.92 Å². The molecule has 0 amide bonds. The molecule has 2 saturated heterocycles. The van der Waals surface area contributed by atoms with Crippen LogP contribution in [0.1, 0.15) is 6.92 Å². The molecule has 0 spiro atoms. The van der Waals surface area contributed by atoms with Crippen LogP contribution in [0.5, 0.6) is 0 Å². The molecule has 2 atom stereocenters. The van der Waals surface area contributed by atoms with Gasteiger partial charge in [-0.2, -0.15) is 0 Å². The lowest BCUT2D eigenvalue weighted by Crippen LogP contribution is -2.40. The summed E-state index contributed by atoms with van der Waals surface area (Å²) in [5.41, 5.74) is 0. The van der Waals surface area contributed by atoms with Gasteiger partial charge in [0.15, 0.2) is 0 Å². The molecule has 0 unspecified atom stereocenters. The zero-order valence-corrected chi connectivity index (χ0v) is 7.79. The minimum Gasteiger partial charge on any atom is -0.457 e. The highest BCUT2D eigenvalue weighted by atomic mass is 16.6. The number of ether oxygens (including phenoxy) is 2. The monoisotopic (exact) mass is 185 g/mol. The van der Waals surface area contributed by atoms with Crippen molar-refractivity contribution in [2.24, 2.45) is 11.8 Å². The molecule has 0 bridgehead atoms. The highest BCUT2D eigenvalue weighted by Crippen LogP contribution is 2.19. The van der Waals surface area contributed by atoms with Gasteiger partial charge in [0.05, 0.1) is 19.1 Å². The number of rotatable bonds is 2. The molecular weight excluding hydrogens is 170 g/mol. The summed E-state index contributed by atoms with van der Waals surface area (Å²) in [6.07, 6.45) is 0.0142. The third-order valence-corrected chi connectivity index (χ3v) is 2.71. The first-order chi connectivity index (χ1) is 6.27. The number of nitrogens with one attached hydrogen (secondary N) is 1. The van der Waals surface area contributed by atoms with E-state index < -0.39 is 0 Å². The zero-order valence-electron chi connectivity index (χ0n) is 7.79. The van der Waals surface area contributed by atoms with Gasteiger partial charge in [0.2, 0.25) is 0 Å². The van der Waals surface area contributed by atoms with E-state index in [0.717, 1.165) is 13.1 Å². The molecule has 2 heterocycles. The van der Waals surface area contributed by atoms with Crippen LogP contribution in [0.3, 0.4) is 0 Å². The number of carbonyl (C=O) groups is 1. The quantitative estimate of drug-likeness (QED) is 0.604. The molecule has 2 fully saturated rings. The number of hydrogen-bond acceptors (Lipinski definition) is 4. The van der Waals surface area contributed by atoms with Crippen LogP contribution in [0, 0.1) is 11.8 Å². The average Bonchev–Trinajstić information content (AvgIpc) is 2.43. The first-order valence-electron chi connectivity index (χ1n) is 4.76. The average molecular weight is 185 g/mol. The highest BCUT2D eigenvalue weighted by Gasteiger charge is 2.33. The van der Waals surface area contributed by atoms with E-state index in [9.17, 15) is 4.79 Å². The van der Waals surface area contributed by atoms with E-state index in [1.165, 1.54) is 0 Å². The van der Waals surface area contributed by atoms with Crippen molar-refractivity contribution in [3.63, 3.8) is 0 Å². The molecule has 0 aliphatic carbocycles. The predicted octanol–water partition coefficient (Wildman–Crippen LogP) is -0.216. The largest absolute Gasteiger partial charge is 0.457 e. The summed E-state index contributed by atoms with van der Waals surface area (Å²) in [5, 5.41) is 3.18. The lowest BCUT2D eigenvalue weighted by atomic mass is 9.98. The van der Waals surface area contributed by atoms with Gasteiger partial charge in [-0.25, -0.2) is 0 Å². The van der Waals surface area contributed by atoms with Gasteiger partial charge >= 0.3 is 5.97 Å². The highest BCUT2D eigenvalue weighted by molar-refractivity contribution is 5.73. The second-order valence-corrected chi connectivity index (χ2v) is 3.84. The second kappa shape index (κ2) is 3.64. The maximum absolute atomic E-state index is 11.5. The Morgan fingerprint density at radius 3 is 2.69 bits per heavy atom. The van der Waals surface area contributed by atoms with E-state index in [2.05, 4.69) is 12.2 Å². The minimum absolute atomic E-state index is 0.0142. The van der Waals surface area contributed by atoms with Gasteiger partial charge < -0.3 is 14.8 Å². The summed E-state index contributed by atoms with van der Waals surface area (Å²) in [7, 11) is 0. The molecule has 0 aromatic rings. The van der Waals surface area contributed by atoms with Gasteiger partial charge in [-0.05, 0) is 12.5 Å². The summed E-state index contributed by atoms with van der Waals surface area (Å²) in [4.78, 5) is 11.5. The normalized spacial score (nSPS) is 34.2. The van der Waals surface area contributed by atoms with Crippen molar-refractivity contribution in [2.75, 3.05) is 26.3 Å². The first kappa shape index (κ1) is 8.97. The molecule has 0 saturated carbocycles. The minimum atomic E-state index is -0.0641. The van der Waals surface area contributed by atoms with Crippen molar-refractivity contribution < 1.29 is 14.3 Å². The Hall–Kier alpha value is -0.610. The van der Waals surface area contributed by atoms with E-state index in [0.29, 0.717) is 19.1 Å². The van der Waals surface area contributed by atoms with Crippen molar-refractivity contribution in [2.45, 2.75) is 13.0 Å². The standard InChI is InChI=1S/C9H15NO3/c1-6-2-10-3-8(6)9(11)13-7-4-12-5-7/h6-8,10H,2-5H2,1H3/t6-,8-/m1/s1. The predicted molar refractivity (Wildman–Crippen MR) is 46.2 cm³/mol. The molecule has 4 nitrogen and oxygen atoms in total. The second-order valence-electron chi connectivity index (χ2n) is 3.84. The van der Waals surface area contributed by atoms with E-state index >= 15 is 0 Å². The van der Waals surface area contributed by atoms with Gasteiger partial charge in [0, 0.05) is 6.54 Å². The molecule has 2 aliphatic rings. The van der Waals surface area contributed by atoms with Crippen LogP contribution >= 0.6 is 0 Å². The van der Waals surface area contributed by atoms with Crippen molar-refractivity contribution in [3.8, 4) is 0 Å². The molecule has 1 N–H and O–H groups in total. The third kappa shape index (κ3) is 1.84. The maximum Gasteiger partial charge on any atom is 0.310 e. The van der Waals surface area contributed by atoms with E-state index in [1.807, 2.05) is 0 Å². The van der Waals surface area contributed by atoms with Crippen LogP contribution in [0.4, 0.5) is 0 Å². The van der Waals surface area contributed by atoms with E-state index in [-0.39, 0.29) is 18.0 Å². The van der Waals surface area contributed by atoms with Crippen molar-refractivity contribution in [3.05, 3.63) is 0 Å². The third-order valence-electron chi connectivity index (χ3n) is 2.71. The topological polar surface area (TPSA) is 47.6 Å². The summed E-state index contributed by atoms with van der Waals surface area (Å²) >= 11 is 0. The molecule has 2 rings (SSSR count). The Balaban J connectivity index is 1.81. The van der Waals surface area contributed by atoms with Crippen LogP contribution in [0.2, 0.25) is 0 Å². The SMILES string of the molecule is C[C@@H]1CNC[C@H]1C(=O)OC1COC1. The Morgan fingerprint density at radius 1 is 1.46 bits per heavy atom. The molecule has 2 aliphatic heterocycles. The molecule has 0 aromatic carbocycles.